The third-order valence-corrected chi connectivity index (χ3v) is 5.77. The predicted molar refractivity (Wildman–Crippen MR) is 108 cm³/mol. The van der Waals surface area contributed by atoms with Gasteiger partial charge in [-0.05, 0) is 24.1 Å². The number of halogens is 1. The van der Waals surface area contributed by atoms with Crippen LogP contribution < -0.4 is 0 Å². The van der Waals surface area contributed by atoms with Gasteiger partial charge in [0.25, 0.3) is 0 Å². The number of carbonyl (C=O) groups is 2. The van der Waals surface area contributed by atoms with E-state index in [1.54, 1.807) is 50.4 Å². The second kappa shape index (κ2) is 9.29. The summed E-state index contributed by atoms with van der Waals surface area (Å²) in [5.74, 6) is -3.50. The maximum Gasteiger partial charge on any atom is 0.308 e. The van der Waals surface area contributed by atoms with Gasteiger partial charge in [-0.3, -0.25) is 14.5 Å². The molecule has 1 saturated heterocycles. The van der Waals surface area contributed by atoms with Crippen molar-refractivity contribution in [3.8, 4) is 0 Å². The summed E-state index contributed by atoms with van der Waals surface area (Å²) in [4.78, 5) is 27.6. The van der Waals surface area contributed by atoms with Gasteiger partial charge in [-0.25, -0.2) is 4.39 Å². The van der Waals surface area contributed by atoms with Crippen molar-refractivity contribution in [3.63, 3.8) is 0 Å². The Balaban J connectivity index is 2.07. The first-order valence-corrected chi connectivity index (χ1v) is 9.72. The van der Waals surface area contributed by atoms with Crippen molar-refractivity contribution in [2.24, 2.45) is 11.8 Å². The minimum atomic E-state index is -0.980. The van der Waals surface area contributed by atoms with Crippen LogP contribution in [0.4, 0.5) is 4.39 Å². The highest BCUT2D eigenvalue weighted by Gasteiger charge is 2.45. The van der Waals surface area contributed by atoms with E-state index in [2.05, 4.69) is 0 Å². The van der Waals surface area contributed by atoms with Gasteiger partial charge in [0, 0.05) is 44.1 Å². The van der Waals surface area contributed by atoms with Gasteiger partial charge in [-0.2, -0.15) is 0 Å². The number of hydrogen-bond donors (Lipinski definition) is 1. The first-order chi connectivity index (χ1) is 13.9. The molecule has 154 valence electrons. The molecule has 0 bridgehead atoms. The van der Waals surface area contributed by atoms with Gasteiger partial charge < -0.3 is 9.84 Å². The lowest BCUT2D eigenvalue weighted by atomic mass is 9.70. The second-order valence-corrected chi connectivity index (χ2v) is 7.51. The number of Topliss-reactive ketones (excluding diaryl/α,β-unsaturated/α-hetero) is 1. The molecular formula is C23H26FNO4. The molecule has 0 aromatic heterocycles. The number of hydrogen-bond acceptors (Lipinski definition) is 4. The third kappa shape index (κ3) is 4.54. The van der Waals surface area contributed by atoms with Crippen molar-refractivity contribution in [3.05, 3.63) is 71.0 Å². The summed E-state index contributed by atoms with van der Waals surface area (Å²) in [6, 6.07) is 13.6. The van der Waals surface area contributed by atoms with Crippen molar-refractivity contribution in [1.82, 2.24) is 4.90 Å². The van der Waals surface area contributed by atoms with Gasteiger partial charge in [0.05, 0.1) is 12.5 Å². The normalized spacial score (nSPS) is 22.4. The van der Waals surface area contributed by atoms with Gasteiger partial charge in [0.1, 0.15) is 5.82 Å². The summed E-state index contributed by atoms with van der Waals surface area (Å²) in [6.07, 6.45) is 0. The van der Waals surface area contributed by atoms with Crippen LogP contribution in [0, 0.1) is 24.6 Å². The highest BCUT2D eigenvalue weighted by Crippen LogP contribution is 2.41. The van der Waals surface area contributed by atoms with Crippen LogP contribution in [0.15, 0.2) is 48.5 Å². The predicted octanol–water partition coefficient (Wildman–Crippen LogP) is 3.38. The smallest absolute Gasteiger partial charge is 0.308 e. The molecule has 1 heterocycles. The number of carbonyl (C=O) groups excluding carboxylic acids is 1. The van der Waals surface area contributed by atoms with Crippen molar-refractivity contribution >= 4 is 11.8 Å². The Morgan fingerprint density at radius 3 is 2.45 bits per heavy atom. The van der Waals surface area contributed by atoms with E-state index in [1.165, 1.54) is 6.07 Å². The molecule has 2 aromatic rings. The summed E-state index contributed by atoms with van der Waals surface area (Å²) in [7, 11) is 1.59. The molecular weight excluding hydrogens is 373 g/mol. The molecule has 1 aliphatic heterocycles. The summed E-state index contributed by atoms with van der Waals surface area (Å²) < 4.78 is 19.4. The van der Waals surface area contributed by atoms with Crippen LogP contribution in [0.5, 0.6) is 0 Å². The average Bonchev–Trinajstić information content (AvgIpc) is 2.73. The lowest BCUT2D eigenvalue weighted by Crippen LogP contribution is -2.51. The van der Waals surface area contributed by atoms with Gasteiger partial charge >= 0.3 is 5.97 Å². The highest BCUT2D eigenvalue weighted by molar-refractivity contribution is 5.99. The number of methoxy groups -OCH3 is 1. The Kier molecular flexibility index (Phi) is 6.77. The van der Waals surface area contributed by atoms with Gasteiger partial charge in [-0.1, -0.05) is 42.5 Å². The number of piperidine rings is 1. The molecule has 5 nitrogen and oxygen atoms in total. The topological polar surface area (TPSA) is 66.8 Å². The van der Waals surface area contributed by atoms with E-state index in [4.69, 9.17) is 4.74 Å². The third-order valence-electron chi connectivity index (χ3n) is 5.77. The van der Waals surface area contributed by atoms with Crippen LogP contribution in [-0.4, -0.2) is 55.1 Å². The van der Waals surface area contributed by atoms with Crippen molar-refractivity contribution in [1.29, 1.82) is 0 Å². The number of carboxylic acid groups (broad SMARTS) is 1. The number of rotatable bonds is 7. The SMILES string of the molecule is COCCN1C[C@H](C(=O)c2ccccc2)[C@@H](c2cccc(F)c2C)[C@H](C(=O)O)C1. The number of ether oxygens (including phenoxy) is 1. The molecule has 2 aromatic carbocycles. The Morgan fingerprint density at radius 1 is 1.10 bits per heavy atom. The largest absolute Gasteiger partial charge is 0.481 e. The quantitative estimate of drug-likeness (QED) is 0.723. The molecule has 3 atom stereocenters. The number of ketones is 1. The number of carboxylic acids is 1. The zero-order chi connectivity index (χ0) is 21.0. The van der Waals surface area contributed by atoms with Gasteiger partial charge in [0.2, 0.25) is 0 Å². The number of likely N-dealkylation sites (tertiary alicyclic amines) is 1. The zero-order valence-corrected chi connectivity index (χ0v) is 16.7. The van der Waals surface area contributed by atoms with E-state index < -0.39 is 23.7 Å². The Labute approximate surface area is 170 Å². The summed E-state index contributed by atoms with van der Waals surface area (Å²) in [5, 5.41) is 9.98. The first-order valence-electron chi connectivity index (χ1n) is 9.72. The first kappa shape index (κ1) is 21.1. The molecule has 1 fully saturated rings. The van der Waals surface area contributed by atoms with E-state index in [0.29, 0.717) is 36.4 Å². The Morgan fingerprint density at radius 2 is 1.79 bits per heavy atom. The number of benzene rings is 2. The molecule has 0 amide bonds. The fourth-order valence-electron chi connectivity index (χ4n) is 4.25. The van der Waals surface area contributed by atoms with Gasteiger partial charge in [-0.15, -0.1) is 0 Å². The maximum absolute atomic E-state index is 14.3. The second-order valence-electron chi connectivity index (χ2n) is 7.51. The lowest BCUT2D eigenvalue weighted by Gasteiger charge is -2.42. The van der Waals surface area contributed by atoms with Crippen LogP contribution in [0.2, 0.25) is 0 Å². The molecule has 0 saturated carbocycles. The van der Waals surface area contributed by atoms with Crippen molar-refractivity contribution < 1.29 is 23.8 Å². The fourth-order valence-corrected chi connectivity index (χ4v) is 4.25. The molecule has 29 heavy (non-hydrogen) atoms. The number of aliphatic carboxylic acids is 1. The molecule has 1 aliphatic rings. The van der Waals surface area contributed by atoms with Crippen LogP contribution in [0.25, 0.3) is 0 Å². The highest BCUT2D eigenvalue weighted by atomic mass is 19.1. The fraction of sp³-hybridized carbons (Fsp3) is 0.391. The summed E-state index contributed by atoms with van der Waals surface area (Å²) >= 11 is 0. The maximum atomic E-state index is 14.3. The molecule has 1 N–H and O–H groups in total. The van der Waals surface area contributed by atoms with E-state index in [-0.39, 0.29) is 18.1 Å². The van der Waals surface area contributed by atoms with Crippen molar-refractivity contribution in [2.75, 3.05) is 33.4 Å². The van der Waals surface area contributed by atoms with Crippen LogP contribution >= 0.6 is 0 Å². The Bertz CT molecular complexity index is 870. The van der Waals surface area contributed by atoms with Crippen molar-refractivity contribution in [2.45, 2.75) is 12.8 Å². The standard InChI is InChI=1S/C23H26FNO4/c1-15-17(9-6-10-20(15)24)21-18(22(26)16-7-4-3-5-8-16)13-25(11-12-29-2)14-19(21)23(27)28/h3-10,18-19,21H,11-14H2,1-2H3,(H,27,28)/t18-,19+,21+/m0/s1. The molecule has 3 rings (SSSR count). The van der Waals surface area contributed by atoms with Crippen LogP contribution in [0.1, 0.15) is 27.4 Å². The summed E-state index contributed by atoms with van der Waals surface area (Å²) in [5.41, 5.74) is 1.53. The molecule has 0 aliphatic carbocycles. The zero-order valence-electron chi connectivity index (χ0n) is 16.7. The summed E-state index contributed by atoms with van der Waals surface area (Å²) in [6.45, 7) is 3.32. The van der Waals surface area contributed by atoms with E-state index >= 15 is 0 Å². The van der Waals surface area contributed by atoms with E-state index in [0.717, 1.165) is 0 Å². The number of nitrogens with zero attached hydrogens (tertiary/aromatic N) is 1. The van der Waals surface area contributed by atoms with Gasteiger partial charge in [0.15, 0.2) is 5.78 Å². The Hall–Kier alpha value is -2.57. The lowest BCUT2D eigenvalue weighted by molar-refractivity contribution is -0.145. The average molecular weight is 399 g/mol. The molecule has 0 unspecified atom stereocenters. The van der Waals surface area contributed by atoms with Crippen LogP contribution in [-0.2, 0) is 9.53 Å². The molecule has 6 heteroatoms. The molecule has 0 spiro atoms. The van der Waals surface area contributed by atoms with E-state index in [1.807, 2.05) is 11.0 Å². The molecule has 0 radical (unpaired) electrons. The monoisotopic (exact) mass is 399 g/mol. The minimum Gasteiger partial charge on any atom is -0.481 e. The van der Waals surface area contributed by atoms with E-state index in [9.17, 15) is 19.1 Å². The van der Waals surface area contributed by atoms with Crippen LogP contribution in [0.3, 0.4) is 0 Å². The minimum absolute atomic E-state index is 0.118.